The van der Waals surface area contributed by atoms with E-state index in [2.05, 4.69) is 13.2 Å². The number of phenolic OH excluding ortho intramolecular Hbond substituents is 1. The minimum Gasteiger partial charge on any atom is -0.508 e. The first-order valence-corrected chi connectivity index (χ1v) is 5.84. The molecule has 0 bridgehead atoms. The lowest BCUT2D eigenvalue weighted by molar-refractivity contribution is 0.475. The van der Waals surface area contributed by atoms with E-state index in [1.54, 1.807) is 12.1 Å². The van der Waals surface area contributed by atoms with Crippen molar-refractivity contribution in [3.05, 3.63) is 29.8 Å². The summed E-state index contributed by atoms with van der Waals surface area (Å²) in [6.45, 7) is 4.18. The van der Waals surface area contributed by atoms with Crippen LogP contribution in [0.1, 0.15) is 18.9 Å². The molecule has 0 fully saturated rings. The van der Waals surface area contributed by atoms with Crippen molar-refractivity contribution in [2.75, 3.05) is 12.0 Å². The standard InChI is InChI=1S/C7H8O.C4H10S/c1-6-2-4-7(8)5-3-6;1-3-4-5-2/h2-5,8H,1H3;3-4H2,1-2H3. The molecule has 0 unspecified atom stereocenters. The van der Waals surface area contributed by atoms with Gasteiger partial charge in [-0.05, 0) is 37.5 Å². The third-order valence-electron chi connectivity index (χ3n) is 1.44. The zero-order valence-electron chi connectivity index (χ0n) is 8.58. The molecule has 74 valence electrons. The van der Waals surface area contributed by atoms with Crippen LogP contribution in [0.25, 0.3) is 0 Å². The Morgan fingerprint density at radius 3 is 2.00 bits per heavy atom. The minimum absolute atomic E-state index is 0.329. The Hall–Kier alpha value is -0.630. The van der Waals surface area contributed by atoms with Crippen molar-refractivity contribution in [3.8, 4) is 5.75 Å². The van der Waals surface area contributed by atoms with Crippen LogP contribution < -0.4 is 0 Å². The quantitative estimate of drug-likeness (QED) is 0.785. The highest BCUT2D eigenvalue weighted by Crippen LogP contribution is 2.07. The maximum atomic E-state index is 8.76. The van der Waals surface area contributed by atoms with Crippen LogP contribution in [0.5, 0.6) is 5.75 Å². The summed E-state index contributed by atoms with van der Waals surface area (Å²) in [5.41, 5.74) is 1.17. The van der Waals surface area contributed by atoms with E-state index in [9.17, 15) is 0 Å². The van der Waals surface area contributed by atoms with E-state index in [0.29, 0.717) is 5.75 Å². The average molecular weight is 198 g/mol. The Balaban J connectivity index is 0.000000252. The molecule has 0 saturated heterocycles. The molecule has 0 saturated carbocycles. The van der Waals surface area contributed by atoms with E-state index >= 15 is 0 Å². The molecule has 0 radical (unpaired) electrons. The Morgan fingerprint density at radius 2 is 1.77 bits per heavy atom. The predicted octanol–water partition coefficient (Wildman–Crippen LogP) is 3.46. The van der Waals surface area contributed by atoms with Gasteiger partial charge < -0.3 is 5.11 Å². The summed E-state index contributed by atoms with van der Waals surface area (Å²) >= 11 is 1.90. The van der Waals surface area contributed by atoms with Crippen LogP contribution in [-0.4, -0.2) is 17.1 Å². The molecule has 1 rings (SSSR count). The molecular weight excluding hydrogens is 180 g/mol. The summed E-state index contributed by atoms with van der Waals surface area (Å²) in [6.07, 6.45) is 3.44. The number of benzene rings is 1. The normalized spacial score (nSPS) is 8.85. The highest BCUT2D eigenvalue weighted by Gasteiger charge is 1.82. The first-order chi connectivity index (χ1) is 6.20. The minimum atomic E-state index is 0.329. The zero-order chi connectivity index (χ0) is 10.1. The van der Waals surface area contributed by atoms with Gasteiger partial charge in [-0.25, -0.2) is 0 Å². The van der Waals surface area contributed by atoms with Crippen LogP contribution in [0.2, 0.25) is 0 Å². The van der Waals surface area contributed by atoms with Gasteiger partial charge in [0, 0.05) is 0 Å². The van der Waals surface area contributed by atoms with Crippen LogP contribution in [0.4, 0.5) is 0 Å². The van der Waals surface area contributed by atoms with E-state index in [1.807, 2.05) is 30.8 Å². The van der Waals surface area contributed by atoms with Gasteiger partial charge in [0.2, 0.25) is 0 Å². The molecule has 1 nitrogen and oxygen atoms in total. The molecule has 1 aromatic rings. The number of aryl methyl sites for hydroxylation is 1. The number of thioether (sulfide) groups is 1. The molecule has 0 aliphatic heterocycles. The van der Waals surface area contributed by atoms with E-state index in [1.165, 1.54) is 17.7 Å². The lowest BCUT2D eigenvalue weighted by Gasteiger charge is -1.89. The smallest absolute Gasteiger partial charge is 0.115 e. The number of aromatic hydroxyl groups is 1. The van der Waals surface area contributed by atoms with Crippen molar-refractivity contribution >= 4 is 11.8 Å². The highest BCUT2D eigenvalue weighted by atomic mass is 32.2. The molecule has 0 aliphatic rings. The number of hydrogen-bond donors (Lipinski definition) is 1. The summed E-state index contributed by atoms with van der Waals surface area (Å²) in [5, 5.41) is 8.76. The Kier molecular flexibility index (Phi) is 7.60. The van der Waals surface area contributed by atoms with E-state index in [-0.39, 0.29) is 0 Å². The van der Waals surface area contributed by atoms with Crippen molar-refractivity contribution in [2.24, 2.45) is 0 Å². The topological polar surface area (TPSA) is 20.2 Å². The van der Waals surface area contributed by atoms with Crippen LogP contribution in [0.3, 0.4) is 0 Å². The molecule has 0 spiro atoms. The third kappa shape index (κ3) is 7.72. The van der Waals surface area contributed by atoms with Crippen molar-refractivity contribution in [2.45, 2.75) is 20.3 Å². The van der Waals surface area contributed by atoms with Crippen molar-refractivity contribution in [1.82, 2.24) is 0 Å². The SMILES string of the molecule is CCCSC.Cc1ccc(O)cc1. The van der Waals surface area contributed by atoms with Crippen molar-refractivity contribution in [3.63, 3.8) is 0 Å². The molecule has 2 heteroatoms. The molecular formula is C11H18OS. The molecule has 1 N–H and O–H groups in total. The molecule has 0 heterocycles. The third-order valence-corrected chi connectivity index (χ3v) is 2.26. The molecule has 13 heavy (non-hydrogen) atoms. The van der Waals surface area contributed by atoms with Gasteiger partial charge in [-0.15, -0.1) is 0 Å². The molecule has 1 aromatic carbocycles. The van der Waals surface area contributed by atoms with Gasteiger partial charge in [-0.2, -0.15) is 11.8 Å². The number of hydrogen-bond acceptors (Lipinski definition) is 2. The summed E-state index contributed by atoms with van der Waals surface area (Å²) < 4.78 is 0. The van der Waals surface area contributed by atoms with Crippen LogP contribution in [0, 0.1) is 6.92 Å². The zero-order valence-corrected chi connectivity index (χ0v) is 9.40. The van der Waals surface area contributed by atoms with Crippen molar-refractivity contribution < 1.29 is 5.11 Å². The maximum Gasteiger partial charge on any atom is 0.115 e. The first kappa shape index (κ1) is 12.4. The van der Waals surface area contributed by atoms with E-state index < -0.39 is 0 Å². The maximum absolute atomic E-state index is 8.76. The fraction of sp³-hybridized carbons (Fsp3) is 0.455. The molecule has 0 aromatic heterocycles. The number of phenols is 1. The Morgan fingerprint density at radius 1 is 1.23 bits per heavy atom. The number of rotatable bonds is 2. The molecule has 0 aliphatic carbocycles. The van der Waals surface area contributed by atoms with Gasteiger partial charge >= 0.3 is 0 Å². The fourth-order valence-corrected chi connectivity index (χ4v) is 1.16. The second-order valence-corrected chi connectivity index (χ2v) is 3.81. The van der Waals surface area contributed by atoms with Gasteiger partial charge in [0.15, 0.2) is 0 Å². The molecule has 0 amide bonds. The van der Waals surface area contributed by atoms with E-state index in [0.717, 1.165) is 0 Å². The van der Waals surface area contributed by atoms with Gasteiger partial charge in [-0.1, -0.05) is 24.6 Å². The lowest BCUT2D eigenvalue weighted by Crippen LogP contribution is -1.66. The fourth-order valence-electron chi connectivity index (χ4n) is 0.749. The Labute approximate surface area is 85.2 Å². The monoisotopic (exact) mass is 198 g/mol. The van der Waals surface area contributed by atoms with Crippen molar-refractivity contribution in [1.29, 1.82) is 0 Å². The summed E-state index contributed by atoms with van der Waals surface area (Å²) in [7, 11) is 0. The largest absolute Gasteiger partial charge is 0.508 e. The van der Waals surface area contributed by atoms with Crippen LogP contribution in [-0.2, 0) is 0 Å². The summed E-state index contributed by atoms with van der Waals surface area (Å²) in [6, 6.07) is 7.09. The highest BCUT2D eigenvalue weighted by molar-refractivity contribution is 7.98. The van der Waals surface area contributed by atoms with Crippen LogP contribution in [0.15, 0.2) is 24.3 Å². The van der Waals surface area contributed by atoms with E-state index in [4.69, 9.17) is 5.11 Å². The molecule has 0 atom stereocenters. The van der Waals surface area contributed by atoms with Gasteiger partial charge in [-0.3, -0.25) is 0 Å². The summed E-state index contributed by atoms with van der Waals surface area (Å²) in [4.78, 5) is 0. The second-order valence-electron chi connectivity index (χ2n) is 2.83. The lowest BCUT2D eigenvalue weighted by atomic mass is 10.2. The van der Waals surface area contributed by atoms with Crippen LogP contribution >= 0.6 is 11.8 Å². The average Bonchev–Trinajstić information content (AvgIpc) is 2.13. The predicted molar refractivity (Wildman–Crippen MR) is 61.5 cm³/mol. The van der Waals surface area contributed by atoms with Gasteiger partial charge in [0.1, 0.15) is 5.75 Å². The summed E-state index contributed by atoms with van der Waals surface area (Å²) in [5.74, 6) is 1.63. The Bertz CT molecular complexity index is 183. The van der Waals surface area contributed by atoms with Gasteiger partial charge in [0.25, 0.3) is 0 Å². The first-order valence-electron chi connectivity index (χ1n) is 4.45. The van der Waals surface area contributed by atoms with Gasteiger partial charge in [0.05, 0.1) is 0 Å². The second kappa shape index (κ2) is 7.99.